The highest BCUT2D eigenvalue weighted by Crippen LogP contribution is 2.35. The number of amidine groups is 2. The Morgan fingerprint density at radius 2 is 1.62 bits per heavy atom. The van der Waals surface area contributed by atoms with Crippen molar-refractivity contribution in [3.63, 3.8) is 0 Å². The summed E-state index contributed by atoms with van der Waals surface area (Å²) < 4.78 is 15.8. The largest absolute Gasteiger partial charge is 0.497 e. The Balaban J connectivity index is 1.18. The van der Waals surface area contributed by atoms with Crippen LogP contribution in [0.4, 0.5) is 5.69 Å². The maximum atomic E-state index is 13.1. The van der Waals surface area contributed by atoms with Gasteiger partial charge in [-0.15, -0.1) is 0 Å². The topological polar surface area (TPSA) is 131 Å². The van der Waals surface area contributed by atoms with Gasteiger partial charge < -0.3 is 24.8 Å². The van der Waals surface area contributed by atoms with Crippen LogP contribution in [0.5, 0.6) is 17.2 Å². The first kappa shape index (κ1) is 31.6. The average molecular weight is 630 g/mol. The van der Waals surface area contributed by atoms with Crippen molar-refractivity contribution in [2.24, 2.45) is 9.98 Å². The molecule has 5 rings (SSSR count). The summed E-state index contributed by atoms with van der Waals surface area (Å²) in [6.07, 6.45) is 0.993. The molecule has 2 aliphatic heterocycles. The maximum absolute atomic E-state index is 13.1. The van der Waals surface area contributed by atoms with E-state index in [1.54, 1.807) is 26.2 Å². The molecule has 0 saturated heterocycles. The first-order chi connectivity index (χ1) is 21.9. The number of aliphatic imine (C=N–C) groups is 2. The van der Waals surface area contributed by atoms with Crippen LogP contribution in [0.1, 0.15) is 29.5 Å². The van der Waals surface area contributed by atoms with Gasteiger partial charge in [-0.1, -0.05) is 42.1 Å². The van der Waals surface area contributed by atoms with Crippen molar-refractivity contribution in [2.75, 3.05) is 33.6 Å². The predicted molar refractivity (Wildman–Crippen MR) is 174 cm³/mol. The van der Waals surface area contributed by atoms with Crippen molar-refractivity contribution in [2.45, 2.75) is 31.8 Å². The molecule has 0 aromatic heterocycles. The van der Waals surface area contributed by atoms with E-state index in [0.29, 0.717) is 47.7 Å². The number of para-hydroxylation sites is 1. The number of carbonyl (C=O) groups excluding carboxylic acids is 3. The van der Waals surface area contributed by atoms with E-state index in [0.717, 1.165) is 22.4 Å². The first-order valence-electron chi connectivity index (χ1n) is 14.5. The lowest BCUT2D eigenvalue weighted by molar-refractivity contribution is -0.122. The Morgan fingerprint density at radius 1 is 0.867 bits per heavy atom. The molecule has 2 N–H and O–H groups in total. The molecule has 0 radical (unpaired) electrons. The zero-order valence-corrected chi connectivity index (χ0v) is 26.2. The lowest BCUT2D eigenvalue weighted by Gasteiger charge is -2.31. The van der Waals surface area contributed by atoms with Crippen LogP contribution in [0.2, 0.25) is 0 Å². The zero-order valence-electron chi connectivity index (χ0n) is 25.4. The minimum atomic E-state index is -0.695. The van der Waals surface area contributed by atoms with Crippen molar-refractivity contribution in [3.8, 4) is 17.2 Å². The smallest absolute Gasteiger partial charge is 0.270 e. The van der Waals surface area contributed by atoms with Gasteiger partial charge in [0.2, 0.25) is 11.8 Å². The van der Waals surface area contributed by atoms with Crippen LogP contribution < -0.4 is 24.8 Å². The van der Waals surface area contributed by atoms with E-state index in [2.05, 4.69) is 15.6 Å². The fourth-order valence-electron chi connectivity index (χ4n) is 5.04. The SMILES string of the molecule is COc1ccc(CNC(=O)CCC2C(=O)N=C3c4ccccc4N=C(SCC(=O)NCCc4ccc(OC)c(OC)c4)N32)cc1. The molecule has 0 fully saturated rings. The Hall–Kier alpha value is -4.84. The molecule has 11 nitrogen and oxygen atoms in total. The summed E-state index contributed by atoms with van der Waals surface area (Å²) in [4.78, 5) is 49.6. The van der Waals surface area contributed by atoms with E-state index in [4.69, 9.17) is 19.2 Å². The number of hydrogen-bond acceptors (Lipinski definition) is 9. The molecule has 0 spiro atoms. The molecule has 1 unspecified atom stereocenters. The van der Waals surface area contributed by atoms with Crippen LogP contribution in [0.15, 0.2) is 76.7 Å². The quantitative estimate of drug-likeness (QED) is 0.292. The van der Waals surface area contributed by atoms with Gasteiger partial charge in [0.25, 0.3) is 5.91 Å². The fraction of sp³-hybridized carbons (Fsp3) is 0.303. The summed E-state index contributed by atoms with van der Waals surface area (Å²) >= 11 is 1.24. The highest BCUT2D eigenvalue weighted by atomic mass is 32.2. The van der Waals surface area contributed by atoms with Gasteiger partial charge >= 0.3 is 0 Å². The van der Waals surface area contributed by atoms with E-state index in [9.17, 15) is 14.4 Å². The van der Waals surface area contributed by atoms with Gasteiger partial charge in [-0.05, 0) is 60.4 Å². The van der Waals surface area contributed by atoms with Gasteiger partial charge in [-0.3, -0.25) is 19.3 Å². The lowest BCUT2D eigenvalue weighted by Crippen LogP contribution is -2.44. The average Bonchev–Trinajstić information content (AvgIpc) is 3.41. The number of thioether (sulfide) groups is 1. The highest BCUT2D eigenvalue weighted by Gasteiger charge is 2.41. The molecular weight excluding hydrogens is 594 g/mol. The van der Waals surface area contributed by atoms with Gasteiger partial charge in [-0.25, -0.2) is 4.99 Å². The summed E-state index contributed by atoms with van der Waals surface area (Å²) in [7, 11) is 4.77. The lowest BCUT2D eigenvalue weighted by atomic mass is 10.1. The molecule has 45 heavy (non-hydrogen) atoms. The van der Waals surface area contributed by atoms with Crippen LogP contribution in [0.3, 0.4) is 0 Å². The Morgan fingerprint density at radius 3 is 2.38 bits per heavy atom. The van der Waals surface area contributed by atoms with E-state index >= 15 is 0 Å². The summed E-state index contributed by atoms with van der Waals surface area (Å²) in [6, 6.07) is 19.8. The summed E-state index contributed by atoms with van der Waals surface area (Å²) in [6.45, 7) is 0.803. The van der Waals surface area contributed by atoms with Crippen molar-refractivity contribution >= 4 is 46.2 Å². The number of ether oxygens (including phenoxy) is 3. The number of amides is 3. The third kappa shape index (κ3) is 7.63. The highest BCUT2D eigenvalue weighted by molar-refractivity contribution is 8.14. The molecule has 3 aromatic carbocycles. The molecule has 234 valence electrons. The summed E-state index contributed by atoms with van der Waals surface area (Å²) in [5.74, 6) is 1.93. The Labute approximate surface area is 266 Å². The number of nitrogens with one attached hydrogen (secondary N) is 2. The second-order valence-corrected chi connectivity index (χ2v) is 11.3. The molecule has 2 heterocycles. The van der Waals surface area contributed by atoms with Gasteiger partial charge in [0.05, 0.1) is 32.8 Å². The van der Waals surface area contributed by atoms with Crippen LogP contribution in [-0.2, 0) is 27.3 Å². The number of nitrogens with zero attached hydrogens (tertiary/aromatic N) is 3. The molecule has 0 aliphatic carbocycles. The van der Waals surface area contributed by atoms with Gasteiger partial charge in [0.1, 0.15) is 17.6 Å². The van der Waals surface area contributed by atoms with E-state index < -0.39 is 6.04 Å². The molecule has 2 aliphatic rings. The molecule has 12 heteroatoms. The van der Waals surface area contributed by atoms with E-state index in [1.807, 2.05) is 66.7 Å². The normalized spacial score (nSPS) is 15.0. The molecule has 3 amide bonds. The summed E-state index contributed by atoms with van der Waals surface area (Å²) in [5, 5.41) is 6.35. The van der Waals surface area contributed by atoms with Crippen molar-refractivity contribution in [3.05, 3.63) is 83.4 Å². The number of rotatable bonds is 13. The third-order valence-electron chi connectivity index (χ3n) is 7.42. The Bertz CT molecular complexity index is 1620. The number of benzene rings is 3. The monoisotopic (exact) mass is 629 g/mol. The van der Waals surface area contributed by atoms with Crippen molar-refractivity contribution in [1.82, 2.24) is 15.5 Å². The van der Waals surface area contributed by atoms with E-state index in [-0.39, 0.29) is 36.3 Å². The first-order valence-corrected chi connectivity index (χ1v) is 15.5. The zero-order chi connectivity index (χ0) is 31.8. The molecular formula is C33H35N5O6S. The van der Waals surface area contributed by atoms with Crippen LogP contribution in [0, 0.1) is 0 Å². The molecule has 1 atom stereocenters. The maximum Gasteiger partial charge on any atom is 0.270 e. The van der Waals surface area contributed by atoms with Gasteiger partial charge in [0.15, 0.2) is 16.7 Å². The number of carbonyl (C=O) groups is 3. The van der Waals surface area contributed by atoms with Crippen molar-refractivity contribution in [1.29, 1.82) is 0 Å². The minimum absolute atomic E-state index is 0.0972. The van der Waals surface area contributed by atoms with E-state index in [1.165, 1.54) is 11.8 Å². The van der Waals surface area contributed by atoms with Gasteiger partial charge in [-0.2, -0.15) is 4.99 Å². The second kappa shape index (κ2) is 14.8. The molecule has 0 bridgehead atoms. The molecule has 3 aromatic rings. The number of methoxy groups -OCH3 is 3. The predicted octanol–water partition coefficient (Wildman–Crippen LogP) is 3.86. The fourth-order valence-corrected chi connectivity index (χ4v) is 5.92. The summed E-state index contributed by atoms with van der Waals surface area (Å²) in [5.41, 5.74) is 3.35. The molecule has 0 saturated carbocycles. The second-order valence-electron chi connectivity index (χ2n) is 10.3. The number of fused-ring (bicyclic) bond motifs is 3. The standard InChI is InChI=1S/C33H35N5O6S/c1-42-23-11-8-22(9-12-23)19-35-29(39)15-13-26-32(41)37-31-24-6-4-5-7-25(24)36-33(38(26)31)45-20-30(40)34-17-16-21-10-14-27(43-2)28(18-21)44-3/h4-12,14,18,26H,13,15-17,19-20H2,1-3H3,(H,34,40)(H,35,39). The van der Waals surface area contributed by atoms with Crippen LogP contribution >= 0.6 is 11.8 Å². The Kier molecular flexibility index (Phi) is 10.4. The number of hydrogen-bond donors (Lipinski definition) is 2. The van der Waals surface area contributed by atoms with Crippen molar-refractivity contribution < 1.29 is 28.6 Å². The van der Waals surface area contributed by atoms with Gasteiger partial charge in [0, 0.05) is 25.1 Å². The minimum Gasteiger partial charge on any atom is -0.497 e. The van der Waals surface area contributed by atoms with Crippen LogP contribution in [0.25, 0.3) is 0 Å². The third-order valence-corrected chi connectivity index (χ3v) is 8.37. The van der Waals surface area contributed by atoms with Crippen LogP contribution in [-0.4, -0.2) is 73.3 Å².